The number of likely N-dealkylation sites (N-methyl/N-ethyl adjacent to an activating group) is 2. The van der Waals surface area contributed by atoms with Crippen LogP contribution in [-0.4, -0.2) is 52.7 Å². The Morgan fingerprint density at radius 1 is 1.37 bits per heavy atom. The molecule has 0 spiro atoms. The van der Waals surface area contributed by atoms with Gasteiger partial charge in [-0.25, -0.2) is 0 Å². The SMILES string of the molecule is CCc1nn(C)c(CN(CC)CC(=O)N(C)C)c1Br. The molecule has 108 valence electrons. The van der Waals surface area contributed by atoms with E-state index in [0.29, 0.717) is 6.54 Å². The van der Waals surface area contributed by atoms with E-state index in [1.165, 1.54) is 0 Å². The maximum absolute atomic E-state index is 11.8. The smallest absolute Gasteiger partial charge is 0.236 e. The molecule has 1 rings (SSSR count). The van der Waals surface area contributed by atoms with Crippen molar-refractivity contribution in [2.24, 2.45) is 7.05 Å². The number of aromatic nitrogens is 2. The molecule has 5 nitrogen and oxygen atoms in total. The summed E-state index contributed by atoms with van der Waals surface area (Å²) in [5.41, 5.74) is 2.18. The van der Waals surface area contributed by atoms with Crippen LogP contribution < -0.4 is 0 Å². The highest BCUT2D eigenvalue weighted by Gasteiger charge is 2.17. The van der Waals surface area contributed by atoms with Crippen LogP contribution >= 0.6 is 15.9 Å². The molecule has 1 aromatic heterocycles. The molecule has 0 saturated heterocycles. The van der Waals surface area contributed by atoms with Gasteiger partial charge >= 0.3 is 0 Å². The van der Waals surface area contributed by atoms with Crippen LogP contribution in [0.1, 0.15) is 25.2 Å². The lowest BCUT2D eigenvalue weighted by Crippen LogP contribution is -2.36. The largest absolute Gasteiger partial charge is 0.348 e. The topological polar surface area (TPSA) is 41.4 Å². The van der Waals surface area contributed by atoms with Crippen LogP contribution in [0.25, 0.3) is 0 Å². The van der Waals surface area contributed by atoms with Gasteiger partial charge in [-0.1, -0.05) is 13.8 Å². The zero-order valence-electron chi connectivity index (χ0n) is 12.4. The quantitative estimate of drug-likeness (QED) is 0.796. The third kappa shape index (κ3) is 4.04. The van der Waals surface area contributed by atoms with E-state index >= 15 is 0 Å². The zero-order chi connectivity index (χ0) is 14.6. The molecular formula is C13H23BrN4O. The number of carbonyl (C=O) groups excluding carboxylic acids is 1. The van der Waals surface area contributed by atoms with Gasteiger partial charge in [0, 0.05) is 27.7 Å². The normalized spacial score (nSPS) is 11.1. The lowest BCUT2D eigenvalue weighted by atomic mass is 10.3. The maximum Gasteiger partial charge on any atom is 0.236 e. The van der Waals surface area contributed by atoms with Crippen molar-refractivity contribution in [1.82, 2.24) is 19.6 Å². The Morgan fingerprint density at radius 3 is 2.42 bits per heavy atom. The predicted molar refractivity (Wildman–Crippen MR) is 79.9 cm³/mol. The Kier molecular flexibility index (Phi) is 6.00. The summed E-state index contributed by atoms with van der Waals surface area (Å²) < 4.78 is 2.96. The molecule has 0 aliphatic carbocycles. The van der Waals surface area contributed by atoms with Crippen molar-refractivity contribution in [2.45, 2.75) is 26.8 Å². The summed E-state index contributed by atoms with van der Waals surface area (Å²) in [6.45, 7) is 6.14. The van der Waals surface area contributed by atoms with E-state index in [0.717, 1.165) is 35.4 Å². The third-order valence-corrected chi connectivity index (χ3v) is 4.10. The van der Waals surface area contributed by atoms with Crippen LogP contribution in [0, 0.1) is 0 Å². The molecule has 1 amide bonds. The summed E-state index contributed by atoms with van der Waals surface area (Å²) in [5.74, 6) is 0.121. The number of nitrogens with zero attached hydrogens (tertiary/aromatic N) is 4. The van der Waals surface area contributed by atoms with Gasteiger partial charge in [-0.15, -0.1) is 0 Å². The molecule has 0 aromatic carbocycles. The van der Waals surface area contributed by atoms with Gasteiger partial charge in [-0.2, -0.15) is 5.10 Å². The van der Waals surface area contributed by atoms with Crippen molar-refractivity contribution in [1.29, 1.82) is 0 Å². The van der Waals surface area contributed by atoms with Gasteiger partial charge in [-0.3, -0.25) is 14.4 Å². The predicted octanol–water partition coefficient (Wildman–Crippen LogP) is 1.66. The first-order chi connectivity index (χ1) is 8.90. The lowest BCUT2D eigenvalue weighted by molar-refractivity contribution is -0.130. The summed E-state index contributed by atoms with van der Waals surface area (Å²) in [6, 6.07) is 0. The maximum atomic E-state index is 11.8. The van der Waals surface area contributed by atoms with Gasteiger partial charge in [0.1, 0.15) is 0 Å². The second-order valence-electron chi connectivity index (χ2n) is 4.78. The molecule has 0 aliphatic heterocycles. The van der Waals surface area contributed by atoms with Gasteiger partial charge in [0.25, 0.3) is 0 Å². The summed E-state index contributed by atoms with van der Waals surface area (Å²) in [4.78, 5) is 15.5. The molecule has 0 fully saturated rings. The van der Waals surface area contributed by atoms with Crippen LogP contribution in [0.15, 0.2) is 4.47 Å². The van der Waals surface area contributed by atoms with Crippen molar-refractivity contribution in [2.75, 3.05) is 27.2 Å². The molecule has 0 bridgehead atoms. The Bertz CT molecular complexity index is 442. The fraction of sp³-hybridized carbons (Fsp3) is 0.692. The number of halogens is 1. The minimum atomic E-state index is 0.121. The highest BCUT2D eigenvalue weighted by Crippen LogP contribution is 2.22. The molecule has 0 atom stereocenters. The van der Waals surface area contributed by atoms with E-state index in [4.69, 9.17) is 0 Å². The molecule has 0 unspecified atom stereocenters. The standard InChI is InChI=1S/C13H23BrN4O/c1-6-10-13(14)11(17(5)15-10)8-18(7-2)9-12(19)16(3)4/h6-9H2,1-5H3. The van der Waals surface area contributed by atoms with Gasteiger partial charge in [0.05, 0.1) is 22.4 Å². The Morgan fingerprint density at radius 2 is 2.00 bits per heavy atom. The van der Waals surface area contributed by atoms with Crippen molar-refractivity contribution in [3.8, 4) is 0 Å². The van der Waals surface area contributed by atoms with E-state index in [-0.39, 0.29) is 5.91 Å². The number of hydrogen-bond acceptors (Lipinski definition) is 3. The Labute approximate surface area is 123 Å². The Hall–Kier alpha value is -0.880. The van der Waals surface area contributed by atoms with E-state index in [2.05, 4.69) is 39.8 Å². The molecule has 6 heteroatoms. The lowest BCUT2D eigenvalue weighted by Gasteiger charge is -2.22. The average Bonchev–Trinajstić information content (AvgIpc) is 2.64. The number of carbonyl (C=O) groups is 1. The number of rotatable bonds is 6. The van der Waals surface area contributed by atoms with Crippen molar-refractivity contribution < 1.29 is 4.79 Å². The third-order valence-electron chi connectivity index (χ3n) is 3.18. The van der Waals surface area contributed by atoms with E-state index in [1.54, 1.807) is 19.0 Å². The molecule has 0 radical (unpaired) electrons. The van der Waals surface area contributed by atoms with Gasteiger partial charge in [0.15, 0.2) is 0 Å². The molecule has 19 heavy (non-hydrogen) atoms. The first kappa shape index (κ1) is 16.2. The fourth-order valence-electron chi connectivity index (χ4n) is 1.82. The summed E-state index contributed by atoms with van der Waals surface area (Å²) >= 11 is 3.61. The van der Waals surface area contributed by atoms with Crippen LogP contribution in [0.4, 0.5) is 0 Å². The molecule has 1 heterocycles. The number of amides is 1. The van der Waals surface area contributed by atoms with E-state index in [1.807, 2.05) is 11.7 Å². The summed E-state index contributed by atoms with van der Waals surface area (Å²) in [5, 5.41) is 4.48. The van der Waals surface area contributed by atoms with Crippen LogP contribution in [-0.2, 0) is 24.8 Å². The van der Waals surface area contributed by atoms with Crippen molar-refractivity contribution in [3.05, 3.63) is 15.9 Å². The van der Waals surface area contributed by atoms with Gasteiger partial charge < -0.3 is 4.90 Å². The molecule has 0 saturated carbocycles. The molecule has 0 N–H and O–H groups in total. The van der Waals surface area contributed by atoms with Crippen LogP contribution in [0.3, 0.4) is 0 Å². The van der Waals surface area contributed by atoms with E-state index in [9.17, 15) is 4.79 Å². The first-order valence-corrected chi connectivity index (χ1v) is 7.32. The van der Waals surface area contributed by atoms with Crippen molar-refractivity contribution in [3.63, 3.8) is 0 Å². The average molecular weight is 331 g/mol. The monoisotopic (exact) mass is 330 g/mol. The summed E-state index contributed by atoms with van der Waals surface area (Å²) in [6.07, 6.45) is 0.900. The molecule has 0 aliphatic rings. The Balaban J connectivity index is 2.81. The number of aryl methyl sites for hydroxylation is 2. The van der Waals surface area contributed by atoms with Crippen LogP contribution in [0.2, 0.25) is 0 Å². The highest BCUT2D eigenvalue weighted by molar-refractivity contribution is 9.10. The second-order valence-corrected chi connectivity index (χ2v) is 5.57. The minimum absolute atomic E-state index is 0.121. The second kappa shape index (κ2) is 7.05. The van der Waals surface area contributed by atoms with Crippen molar-refractivity contribution >= 4 is 21.8 Å². The van der Waals surface area contributed by atoms with Gasteiger partial charge in [-0.05, 0) is 28.9 Å². The minimum Gasteiger partial charge on any atom is -0.348 e. The summed E-state index contributed by atoms with van der Waals surface area (Å²) in [7, 11) is 5.51. The fourth-order valence-corrected chi connectivity index (χ4v) is 2.56. The van der Waals surface area contributed by atoms with Gasteiger partial charge in [0.2, 0.25) is 5.91 Å². The molecule has 1 aromatic rings. The first-order valence-electron chi connectivity index (χ1n) is 6.53. The molecular weight excluding hydrogens is 308 g/mol. The highest BCUT2D eigenvalue weighted by atomic mass is 79.9. The van der Waals surface area contributed by atoms with E-state index < -0.39 is 0 Å². The number of hydrogen-bond donors (Lipinski definition) is 0. The van der Waals surface area contributed by atoms with Crippen LogP contribution in [0.5, 0.6) is 0 Å². The zero-order valence-corrected chi connectivity index (χ0v) is 14.0.